The molecule has 0 aliphatic rings. The normalized spacial score (nSPS) is 11.3. The fourth-order valence-corrected chi connectivity index (χ4v) is 3.25. The molecule has 0 atom stereocenters. The van der Waals surface area contributed by atoms with E-state index in [1.54, 1.807) is 4.52 Å². The van der Waals surface area contributed by atoms with Gasteiger partial charge in [-0.1, -0.05) is 34.4 Å². The van der Waals surface area contributed by atoms with Gasteiger partial charge in [0.15, 0.2) is 11.5 Å². The predicted molar refractivity (Wildman–Crippen MR) is 114 cm³/mol. The van der Waals surface area contributed by atoms with Crippen molar-refractivity contribution < 1.29 is 4.52 Å². The number of aromatic nitrogens is 6. The Hall–Kier alpha value is -2.81. The third-order valence-corrected chi connectivity index (χ3v) is 5.21. The van der Waals surface area contributed by atoms with Crippen LogP contribution in [0, 0.1) is 0 Å². The van der Waals surface area contributed by atoms with Crippen LogP contribution in [0.3, 0.4) is 0 Å². The van der Waals surface area contributed by atoms with E-state index in [9.17, 15) is 0 Å². The monoisotopic (exact) mass is 455 g/mol. The average molecular weight is 456 g/mol. The number of hydrogen-bond acceptors (Lipinski definition) is 7. The lowest BCUT2D eigenvalue weighted by molar-refractivity contribution is 0.377. The number of halogens is 1. The van der Waals surface area contributed by atoms with Gasteiger partial charge in [-0.3, -0.25) is 0 Å². The maximum Gasteiger partial charge on any atom is 0.227 e. The highest BCUT2D eigenvalue weighted by molar-refractivity contribution is 9.10. The standard InChI is InChI=1S/C20H22BrN7O/c1-3-4-13-27(2)18-10-9-16-23-24-17(28(16)25-18)11-12-19-22-20(26-29-19)14-5-7-15(21)8-6-14/h5-10H,3-4,11-13H2,1-2H3. The van der Waals surface area contributed by atoms with Gasteiger partial charge >= 0.3 is 0 Å². The summed E-state index contributed by atoms with van der Waals surface area (Å²) in [6, 6.07) is 11.7. The van der Waals surface area contributed by atoms with E-state index in [0.717, 1.165) is 46.7 Å². The lowest BCUT2D eigenvalue weighted by Gasteiger charge is -2.17. The summed E-state index contributed by atoms with van der Waals surface area (Å²) >= 11 is 3.43. The molecular weight excluding hydrogens is 434 g/mol. The number of benzene rings is 1. The van der Waals surface area contributed by atoms with Crippen molar-refractivity contribution in [1.29, 1.82) is 0 Å². The maximum atomic E-state index is 5.41. The summed E-state index contributed by atoms with van der Waals surface area (Å²) < 4.78 is 8.21. The second kappa shape index (κ2) is 8.69. The quantitative estimate of drug-likeness (QED) is 0.397. The summed E-state index contributed by atoms with van der Waals surface area (Å²) in [7, 11) is 2.05. The molecular formula is C20H22BrN7O. The molecule has 0 saturated heterocycles. The van der Waals surface area contributed by atoms with E-state index in [1.165, 1.54) is 0 Å². The minimum Gasteiger partial charge on any atom is -0.358 e. The number of fused-ring (bicyclic) bond motifs is 1. The molecule has 0 aliphatic heterocycles. The minimum atomic E-state index is 0.566. The number of rotatable bonds is 8. The first-order valence-electron chi connectivity index (χ1n) is 9.65. The molecule has 0 radical (unpaired) electrons. The molecule has 0 aliphatic carbocycles. The van der Waals surface area contributed by atoms with Crippen molar-refractivity contribution in [3.8, 4) is 11.4 Å². The van der Waals surface area contributed by atoms with Gasteiger partial charge in [0.05, 0.1) is 0 Å². The van der Waals surface area contributed by atoms with Crippen molar-refractivity contribution in [2.45, 2.75) is 32.6 Å². The smallest absolute Gasteiger partial charge is 0.227 e. The first-order valence-corrected chi connectivity index (χ1v) is 10.4. The van der Waals surface area contributed by atoms with E-state index in [0.29, 0.717) is 24.6 Å². The Morgan fingerprint density at radius 2 is 1.90 bits per heavy atom. The summed E-state index contributed by atoms with van der Waals surface area (Å²) in [5.41, 5.74) is 1.64. The number of hydrogen-bond donors (Lipinski definition) is 0. The molecule has 0 saturated carbocycles. The second-order valence-corrected chi connectivity index (χ2v) is 7.79. The van der Waals surface area contributed by atoms with E-state index in [-0.39, 0.29) is 0 Å². The fraction of sp³-hybridized carbons (Fsp3) is 0.350. The van der Waals surface area contributed by atoms with Crippen molar-refractivity contribution in [3.05, 3.63) is 52.6 Å². The molecule has 0 N–H and O–H groups in total. The highest BCUT2D eigenvalue weighted by Crippen LogP contribution is 2.19. The number of unbranched alkanes of at least 4 members (excludes halogenated alkanes) is 1. The lowest BCUT2D eigenvalue weighted by atomic mass is 10.2. The molecule has 1 aromatic carbocycles. The Bertz CT molecular complexity index is 1090. The highest BCUT2D eigenvalue weighted by atomic mass is 79.9. The molecule has 150 valence electrons. The number of anilines is 1. The van der Waals surface area contributed by atoms with E-state index >= 15 is 0 Å². The van der Waals surface area contributed by atoms with Gasteiger partial charge in [0, 0.05) is 36.5 Å². The third-order valence-electron chi connectivity index (χ3n) is 4.68. The van der Waals surface area contributed by atoms with Crippen molar-refractivity contribution >= 4 is 27.4 Å². The van der Waals surface area contributed by atoms with Crippen molar-refractivity contribution in [3.63, 3.8) is 0 Å². The Kier molecular flexibility index (Phi) is 5.84. The molecule has 0 fully saturated rings. The van der Waals surface area contributed by atoms with Gasteiger partial charge in [-0.2, -0.15) is 9.50 Å². The van der Waals surface area contributed by atoms with Gasteiger partial charge < -0.3 is 9.42 Å². The van der Waals surface area contributed by atoms with Crippen molar-refractivity contribution in [2.24, 2.45) is 0 Å². The first-order chi connectivity index (χ1) is 14.1. The largest absolute Gasteiger partial charge is 0.358 e. The summed E-state index contributed by atoms with van der Waals surface area (Å²) in [5.74, 6) is 2.82. The molecule has 8 nitrogen and oxygen atoms in total. The Morgan fingerprint density at radius 3 is 2.69 bits per heavy atom. The van der Waals surface area contributed by atoms with Crippen molar-refractivity contribution in [2.75, 3.05) is 18.5 Å². The van der Waals surface area contributed by atoms with Gasteiger partial charge in [-0.05, 0) is 42.8 Å². The topological polar surface area (TPSA) is 85.2 Å². The SMILES string of the molecule is CCCCN(C)c1ccc2nnc(CCc3nc(-c4ccc(Br)cc4)no3)n2n1. The van der Waals surface area contributed by atoms with Crippen LogP contribution >= 0.6 is 15.9 Å². The van der Waals surface area contributed by atoms with Crippen LogP contribution in [0.4, 0.5) is 5.82 Å². The Balaban J connectivity index is 1.47. The Morgan fingerprint density at radius 1 is 1.07 bits per heavy atom. The van der Waals surface area contributed by atoms with Gasteiger partial charge in [-0.15, -0.1) is 15.3 Å². The van der Waals surface area contributed by atoms with Crippen LogP contribution in [0.5, 0.6) is 0 Å². The summed E-state index contributed by atoms with van der Waals surface area (Å²) in [5, 5.41) is 17.3. The molecule has 0 bridgehead atoms. The first kappa shape index (κ1) is 19.5. The Labute approximate surface area is 177 Å². The lowest BCUT2D eigenvalue weighted by Crippen LogP contribution is -2.20. The molecule has 3 aromatic heterocycles. The van der Waals surface area contributed by atoms with E-state index < -0.39 is 0 Å². The van der Waals surface area contributed by atoms with Gasteiger partial charge in [0.2, 0.25) is 11.7 Å². The molecule has 9 heteroatoms. The van der Waals surface area contributed by atoms with E-state index in [4.69, 9.17) is 9.62 Å². The van der Waals surface area contributed by atoms with Crippen molar-refractivity contribution in [1.82, 2.24) is 30.0 Å². The van der Waals surface area contributed by atoms with E-state index in [1.807, 2.05) is 36.4 Å². The molecule has 29 heavy (non-hydrogen) atoms. The highest BCUT2D eigenvalue weighted by Gasteiger charge is 2.13. The number of nitrogens with zero attached hydrogens (tertiary/aromatic N) is 7. The van der Waals surface area contributed by atoms with Crippen LogP contribution in [-0.2, 0) is 12.8 Å². The van der Waals surface area contributed by atoms with Crippen LogP contribution < -0.4 is 4.90 Å². The fourth-order valence-electron chi connectivity index (χ4n) is 2.98. The van der Waals surface area contributed by atoms with Gasteiger partial charge in [-0.25, -0.2) is 0 Å². The predicted octanol–water partition coefficient (Wildman–Crippen LogP) is 3.96. The van der Waals surface area contributed by atoms with Crippen LogP contribution in [-0.4, -0.2) is 43.5 Å². The van der Waals surface area contributed by atoms with Crippen LogP contribution in [0.2, 0.25) is 0 Å². The van der Waals surface area contributed by atoms with Crippen LogP contribution in [0.25, 0.3) is 17.0 Å². The van der Waals surface area contributed by atoms with E-state index in [2.05, 4.69) is 55.1 Å². The third kappa shape index (κ3) is 4.45. The number of aryl methyl sites for hydroxylation is 2. The summed E-state index contributed by atoms with van der Waals surface area (Å²) in [6.45, 7) is 3.15. The maximum absolute atomic E-state index is 5.41. The zero-order chi connectivity index (χ0) is 20.2. The van der Waals surface area contributed by atoms with Gasteiger partial charge in [0.25, 0.3) is 0 Å². The summed E-state index contributed by atoms with van der Waals surface area (Å²) in [4.78, 5) is 6.64. The molecule has 0 unspecified atom stereocenters. The molecule has 4 rings (SSSR count). The molecule has 0 spiro atoms. The molecule has 4 aromatic rings. The zero-order valence-electron chi connectivity index (χ0n) is 16.4. The zero-order valence-corrected chi connectivity index (χ0v) is 18.0. The van der Waals surface area contributed by atoms with Gasteiger partial charge in [0.1, 0.15) is 5.82 Å². The summed E-state index contributed by atoms with van der Waals surface area (Å²) in [6.07, 6.45) is 3.46. The van der Waals surface area contributed by atoms with Crippen LogP contribution in [0.1, 0.15) is 31.5 Å². The molecule has 0 amide bonds. The molecule has 3 heterocycles. The average Bonchev–Trinajstić information content (AvgIpc) is 3.37. The minimum absolute atomic E-state index is 0.566. The second-order valence-electron chi connectivity index (χ2n) is 6.87. The van der Waals surface area contributed by atoms with Crippen LogP contribution in [0.15, 0.2) is 45.4 Å².